The molecule has 7 aromatic carbocycles. The number of fused-ring (bicyclic) bond motifs is 10. The predicted molar refractivity (Wildman–Crippen MR) is 242 cm³/mol. The van der Waals surface area contributed by atoms with Crippen LogP contribution in [0.25, 0.3) is 0 Å². The fourth-order valence-electron chi connectivity index (χ4n) is 10.2. The van der Waals surface area contributed by atoms with Crippen molar-refractivity contribution in [2.24, 2.45) is 0 Å². The Bertz CT molecular complexity index is 2650. The van der Waals surface area contributed by atoms with Gasteiger partial charge in [-0.3, -0.25) is 0 Å². The highest BCUT2D eigenvalue weighted by Gasteiger charge is 2.51. The highest BCUT2D eigenvalue weighted by Crippen LogP contribution is 2.63. The van der Waals surface area contributed by atoms with Gasteiger partial charge in [-0.25, -0.2) is 0 Å². The number of aryl methyl sites for hydroxylation is 2. The zero-order chi connectivity index (χ0) is 40.0. The first kappa shape index (κ1) is 36.4. The van der Waals surface area contributed by atoms with E-state index in [0.717, 1.165) is 51.2 Å². The van der Waals surface area contributed by atoms with Crippen molar-refractivity contribution in [2.75, 3.05) is 4.90 Å². The molecule has 10 rings (SSSR count). The van der Waals surface area contributed by atoms with E-state index in [1.165, 1.54) is 55.3 Å². The highest BCUT2D eigenvalue weighted by atomic mass is 16.5. The van der Waals surface area contributed by atoms with Crippen LogP contribution in [0.15, 0.2) is 140 Å². The number of hydrogen-bond donors (Lipinski definition) is 0. The lowest BCUT2D eigenvalue weighted by molar-refractivity contribution is 0.434. The van der Waals surface area contributed by atoms with Gasteiger partial charge in [-0.05, 0) is 107 Å². The van der Waals surface area contributed by atoms with Crippen molar-refractivity contribution >= 4 is 40.2 Å². The molecule has 7 aromatic rings. The summed E-state index contributed by atoms with van der Waals surface area (Å²) in [6.07, 6.45) is 0. The van der Waals surface area contributed by atoms with E-state index in [9.17, 15) is 0 Å². The summed E-state index contributed by atoms with van der Waals surface area (Å²) in [5, 5.41) is 0. The van der Waals surface area contributed by atoms with Gasteiger partial charge in [-0.15, -0.1) is 0 Å². The molecule has 1 spiro atoms. The topological polar surface area (TPSA) is 21.7 Å². The van der Waals surface area contributed by atoms with Crippen molar-refractivity contribution in [1.29, 1.82) is 0 Å². The molecule has 0 bridgehead atoms. The van der Waals surface area contributed by atoms with Crippen LogP contribution in [0, 0.1) is 13.8 Å². The molecule has 0 unspecified atom stereocenters. The van der Waals surface area contributed by atoms with Crippen LogP contribution in [0.2, 0.25) is 0 Å². The van der Waals surface area contributed by atoms with E-state index in [1.54, 1.807) is 0 Å². The molecule has 3 aliphatic rings. The summed E-state index contributed by atoms with van der Waals surface area (Å²) in [5.74, 6) is 4.80. The molecule has 0 N–H and O–H groups in total. The van der Waals surface area contributed by atoms with E-state index in [-0.39, 0.29) is 6.71 Å². The van der Waals surface area contributed by atoms with Gasteiger partial charge in [0.05, 0.1) is 16.8 Å². The number of nitrogens with zero attached hydrogens (tertiary/aromatic N) is 1. The van der Waals surface area contributed by atoms with Crippen molar-refractivity contribution in [3.05, 3.63) is 190 Å². The standard InChI is InChI=1S/C54H50BNO2/c1-32(2)37-29-39(33(3)4)53(40(30-37)34(5)6)55-45-17-11-14-20-51(45)58-52-31-38(23-24-46(52)55)56-47-25-21-35(7)27-43(47)54(44-28-36(8)22-26-48(44)56)41-15-9-12-18-49(41)57-50-19-13-10-16-42(50)54/h9-34H,1-8H3. The fourth-order valence-corrected chi connectivity index (χ4v) is 10.2. The van der Waals surface area contributed by atoms with Gasteiger partial charge in [-0.1, -0.05) is 155 Å². The van der Waals surface area contributed by atoms with Crippen LogP contribution in [0.5, 0.6) is 23.0 Å². The minimum atomic E-state index is -0.595. The van der Waals surface area contributed by atoms with Gasteiger partial charge in [0.25, 0.3) is 6.71 Å². The van der Waals surface area contributed by atoms with Gasteiger partial charge < -0.3 is 14.4 Å². The summed E-state index contributed by atoms with van der Waals surface area (Å²) < 4.78 is 13.7. The van der Waals surface area contributed by atoms with Crippen molar-refractivity contribution in [1.82, 2.24) is 0 Å². The Morgan fingerprint density at radius 2 is 0.966 bits per heavy atom. The van der Waals surface area contributed by atoms with Gasteiger partial charge in [0.15, 0.2) is 0 Å². The maximum Gasteiger partial charge on any atom is 0.251 e. The third-order valence-electron chi connectivity index (χ3n) is 12.9. The average Bonchev–Trinajstić information content (AvgIpc) is 3.22. The molecule has 3 heterocycles. The summed E-state index contributed by atoms with van der Waals surface area (Å²) in [5.41, 5.74) is 18.1. The summed E-state index contributed by atoms with van der Waals surface area (Å²) >= 11 is 0. The van der Waals surface area contributed by atoms with Gasteiger partial charge in [0, 0.05) is 22.9 Å². The second-order valence-corrected chi connectivity index (χ2v) is 17.6. The molecule has 3 nitrogen and oxygen atoms in total. The van der Waals surface area contributed by atoms with Gasteiger partial charge in [0.1, 0.15) is 23.0 Å². The lowest BCUT2D eigenvalue weighted by atomic mass is 9.34. The Hall–Kier alpha value is -6.00. The molecule has 3 aliphatic heterocycles. The van der Waals surface area contributed by atoms with Crippen LogP contribution in [-0.4, -0.2) is 6.71 Å². The fraction of sp³-hybridized carbons (Fsp3) is 0.222. The van der Waals surface area contributed by atoms with Crippen molar-refractivity contribution < 1.29 is 9.47 Å². The lowest BCUT2D eigenvalue weighted by Gasteiger charge is -2.49. The van der Waals surface area contributed by atoms with Crippen molar-refractivity contribution in [2.45, 2.75) is 78.6 Å². The lowest BCUT2D eigenvalue weighted by Crippen LogP contribution is -2.57. The zero-order valence-electron chi connectivity index (χ0n) is 34.9. The first-order valence-electron chi connectivity index (χ1n) is 21.0. The Morgan fingerprint density at radius 3 is 1.52 bits per heavy atom. The second kappa shape index (κ2) is 13.6. The molecule has 4 heteroatoms. The van der Waals surface area contributed by atoms with E-state index in [4.69, 9.17) is 9.47 Å². The van der Waals surface area contributed by atoms with Gasteiger partial charge in [0.2, 0.25) is 0 Å². The third-order valence-corrected chi connectivity index (χ3v) is 12.9. The molecule has 0 amide bonds. The minimum absolute atomic E-state index is 0.0368. The zero-order valence-corrected chi connectivity index (χ0v) is 34.9. The quantitative estimate of drug-likeness (QED) is 0.163. The minimum Gasteiger partial charge on any atom is -0.458 e. The first-order chi connectivity index (χ1) is 28.1. The summed E-state index contributed by atoms with van der Waals surface area (Å²) in [7, 11) is 0. The van der Waals surface area contributed by atoms with Crippen molar-refractivity contribution in [3.63, 3.8) is 0 Å². The number of anilines is 3. The maximum absolute atomic E-state index is 7.00. The number of rotatable bonds is 5. The van der Waals surface area contributed by atoms with Crippen LogP contribution in [0.4, 0.5) is 17.1 Å². The van der Waals surface area contributed by atoms with E-state index in [1.807, 2.05) is 0 Å². The molecular weight excluding hydrogens is 705 g/mol. The van der Waals surface area contributed by atoms with Crippen LogP contribution in [0.3, 0.4) is 0 Å². The average molecular weight is 756 g/mol. The summed E-state index contributed by atoms with van der Waals surface area (Å²) in [4.78, 5) is 2.46. The smallest absolute Gasteiger partial charge is 0.251 e. The second-order valence-electron chi connectivity index (χ2n) is 17.6. The Morgan fingerprint density at radius 1 is 0.466 bits per heavy atom. The largest absolute Gasteiger partial charge is 0.458 e. The predicted octanol–water partition coefficient (Wildman–Crippen LogP) is 12.6. The first-order valence-corrected chi connectivity index (χ1v) is 21.0. The Kier molecular flexibility index (Phi) is 8.49. The molecule has 0 saturated heterocycles. The number of benzene rings is 7. The molecule has 0 radical (unpaired) electrons. The normalized spacial score (nSPS) is 14.3. The molecule has 286 valence electrons. The molecule has 0 aromatic heterocycles. The van der Waals surface area contributed by atoms with Crippen LogP contribution in [-0.2, 0) is 5.41 Å². The SMILES string of the molecule is Cc1ccc2c(c1)C1(c3ccccc3Oc3ccccc31)c1cc(C)ccc1N2c1ccc2c(c1)Oc1ccccc1B2c1c(C(C)C)cc(C(C)C)cc1C(C)C. The molecule has 0 atom stereocenters. The monoisotopic (exact) mass is 755 g/mol. The Labute approximate surface area is 344 Å². The number of para-hydroxylation sites is 3. The van der Waals surface area contributed by atoms with E-state index in [2.05, 4.69) is 200 Å². The highest BCUT2D eigenvalue weighted by molar-refractivity contribution is 6.97. The number of ether oxygens (including phenoxy) is 2. The third kappa shape index (κ3) is 5.34. The molecular formula is C54H50BNO2. The van der Waals surface area contributed by atoms with E-state index in [0.29, 0.717) is 17.8 Å². The van der Waals surface area contributed by atoms with E-state index < -0.39 is 5.41 Å². The molecule has 0 aliphatic carbocycles. The number of hydrogen-bond acceptors (Lipinski definition) is 3. The van der Waals surface area contributed by atoms with Crippen LogP contribution in [0.1, 0.15) is 109 Å². The Balaban J connectivity index is 1.23. The van der Waals surface area contributed by atoms with Crippen LogP contribution >= 0.6 is 0 Å². The molecule has 0 saturated carbocycles. The van der Waals surface area contributed by atoms with E-state index >= 15 is 0 Å². The molecule has 0 fully saturated rings. The van der Waals surface area contributed by atoms with Crippen molar-refractivity contribution in [3.8, 4) is 23.0 Å². The summed E-state index contributed by atoms with van der Waals surface area (Å²) in [6.45, 7) is 18.5. The van der Waals surface area contributed by atoms with Crippen LogP contribution < -0.4 is 30.8 Å². The summed E-state index contributed by atoms with van der Waals surface area (Å²) in [6, 6.07) is 51.7. The van der Waals surface area contributed by atoms with Gasteiger partial charge >= 0.3 is 0 Å². The maximum atomic E-state index is 7.00. The van der Waals surface area contributed by atoms with Gasteiger partial charge in [-0.2, -0.15) is 0 Å². The molecule has 58 heavy (non-hydrogen) atoms.